The third kappa shape index (κ3) is 4.29. The summed E-state index contributed by atoms with van der Waals surface area (Å²) in [7, 11) is 0. The van der Waals surface area contributed by atoms with Crippen molar-refractivity contribution in [2.75, 3.05) is 19.6 Å². The number of nitrogens with one attached hydrogen (secondary N) is 2. The summed E-state index contributed by atoms with van der Waals surface area (Å²) in [4.78, 5) is 27.6. The van der Waals surface area contributed by atoms with Gasteiger partial charge in [-0.3, -0.25) is 14.7 Å². The zero-order valence-corrected chi connectivity index (χ0v) is 10.4. The summed E-state index contributed by atoms with van der Waals surface area (Å²) in [5.74, 6) is 0.0807. The highest BCUT2D eigenvalue weighted by molar-refractivity contribution is 6.01. The lowest BCUT2D eigenvalue weighted by Gasteiger charge is -2.21. The van der Waals surface area contributed by atoms with Crippen molar-refractivity contribution in [2.24, 2.45) is 10.7 Å². The third-order valence-electron chi connectivity index (χ3n) is 2.05. The van der Waals surface area contributed by atoms with Crippen molar-refractivity contribution in [1.82, 2.24) is 15.5 Å². The van der Waals surface area contributed by atoms with Gasteiger partial charge in [0.15, 0.2) is 5.96 Å². The lowest BCUT2D eigenvalue weighted by Crippen LogP contribution is -2.45. The summed E-state index contributed by atoms with van der Waals surface area (Å²) in [5, 5.41) is 5.43. The van der Waals surface area contributed by atoms with E-state index < -0.39 is 0 Å². The van der Waals surface area contributed by atoms with Crippen LogP contribution in [0, 0.1) is 0 Å². The second-order valence-electron chi connectivity index (χ2n) is 4.85. The number of hydrogen-bond donors (Lipinski definition) is 3. The van der Waals surface area contributed by atoms with Crippen LogP contribution in [0.4, 0.5) is 4.79 Å². The van der Waals surface area contributed by atoms with Crippen molar-refractivity contribution in [3.05, 3.63) is 0 Å². The monoisotopic (exact) mass is 241 g/mol. The van der Waals surface area contributed by atoms with Gasteiger partial charge in [-0.25, -0.2) is 4.79 Å². The first-order chi connectivity index (χ1) is 7.79. The molecule has 17 heavy (non-hydrogen) atoms. The SMILES string of the molecule is CC(C)(C)NC(N)=NCCN1C(=O)CNC1=O. The first-order valence-corrected chi connectivity index (χ1v) is 5.46. The van der Waals surface area contributed by atoms with Gasteiger partial charge in [0.2, 0.25) is 5.91 Å². The average Bonchev–Trinajstić information content (AvgIpc) is 2.46. The molecule has 1 rings (SSSR count). The minimum absolute atomic E-state index is 0.0677. The molecule has 1 aliphatic rings. The molecule has 0 unspecified atom stereocenters. The van der Waals surface area contributed by atoms with E-state index in [9.17, 15) is 9.59 Å². The summed E-state index contributed by atoms with van der Waals surface area (Å²) < 4.78 is 0. The Hall–Kier alpha value is -1.79. The molecular weight excluding hydrogens is 222 g/mol. The topological polar surface area (TPSA) is 99.8 Å². The smallest absolute Gasteiger partial charge is 0.324 e. The predicted octanol–water partition coefficient (Wildman–Crippen LogP) is -0.759. The summed E-state index contributed by atoms with van der Waals surface area (Å²) in [6.07, 6.45) is 0. The third-order valence-corrected chi connectivity index (χ3v) is 2.05. The zero-order chi connectivity index (χ0) is 13.1. The van der Waals surface area contributed by atoms with E-state index in [0.717, 1.165) is 4.90 Å². The summed E-state index contributed by atoms with van der Waals surface area (Å²) in [6, 6.07) is -0.368. The van der Waals surface area contributed by atoms with Crippen LogP contribution in [-0.2, 0) is 4.79 Å². The molecule has 7 heteroatoms. The van der Waals surface area contributed by atoms with Gasteiger partial charge in [0.1, 0.15) is 0 Å². The number of guanidine groups is 1. The van der Waals surface area contributed by atoms with Gasteiger partial charge in [-0.05, 0) is 20.8 Å². The van der Waals surface area contributed by atoms with Gasteiger partial charge in [0.05, 0.1) is 19.6 Å². The molecule has 7 nitrogen and oxygen atoms in total. The first-order valence-electron chi connectivity index (χ1n) is 5.46. The van der Waals surface area contributed by atoms with E-state index >= 15 is 0 Å². The molecule has 0 saturated carbocycles. The van der Waals surface area contributed by atoms with Crippen molar-refractivity contribution in [2.45, 2.75) is 26.3 Å². The maximum Gasteiger partial charge on any atom is 0.324 e. The second kappa shape index (κ2) is 5.03. The summed E-state index contributed by atoms with van der Waals surface area (Å²) in [5.41, 5.74) is 5.49. The van der Waals surface area contributed by atoms with Crippen LogP contribution in [0.15, 0.2) is 4.99 Å². The van der Waals surface area contributed by atoms with E-state index in [-0.39, 0.29) is 30.6 Å². The maximum atomic E-state index is 11.2. The number of carbonyl (C=O) groups is 2. The molecule has 0 aromatic heterocycles. The molecule has 1 saturated heterocycles. The fraction of sp³-hybridized carbons (Fsp3) is 0.700. The number of nitrogens with zero attached hydrogens (tertiary/aromatic N) is 2. The van der Waals surface area contributed by atoms with Gasteiger partial charge < -0.3 is 16.4 Å². The van der Waals surface area contributed by atoms with Crippen molar-refractivity contribution in [1.29, 1.82) is 0 Å². The normalized spacial score (nSPS) is 17.4. The van der Waals surface area contributed by atoms with Crippen molar-refractivity contribution < 1.29 is 9.59 Å². The number of carbonyl (C=O) groups excluding carboxylic acids is 2. The van der Waals surface area contributed by atoms with Crippen LogP contribution in [0.2, 0.25) is 0 Å². The van der Waals surface area contributed by atoms with Gasteiger partial charge in [0.25, 0.3) is 0 Å². The summed E-state index contributed by atoms with van der Waals surface area (Å²) in [6.45, 7) is 6.51. The van der Waals surface area contributed by atoms with Crippen LogP contribution >= 0.6 is 0 Å². The molecule has 0 spiro atoms. The van der Waals surface area contributed by atoms with Crippen LogP contribution in [0.3, 0.4) is 0 Å². The minimum atomic E-state index is -0.368. The number of urea groups is 1. The molecule has 0 atom stereocenters. The molecule has 0 aromatic rings. The molecule has 96 valence electrons. The molecule has 4 N–H and O–H groups in total. The Balaban J connectivity index is 2.39. The Kier molecular flexibility index (Phi) is 3.93. The molecule has 1 heterocycles. The Bertz CT molecular complexity index is 329. The van der Waals surface area contributed by atoms with Crippen molar-refractivity contribution in [3.63, 3.8) is 0 Å². The van der Waals surface area contributed by atoms with E-state index in [0.29, 0.717) is 12.5 Å². The van der Waals surface area contributed by atoms with Gasteiger partial charge in [0, 0.05) is 5.54 Å². The Labute approximate surface area is 100 Å². The van der Waals surface area contributed by atoms with Crippen LogP contribution in [0.25, 0.3) is 0 Å². The highest BCUT2D eigenvalue weighted by Crippen LogP contribution is 1.99. The van der Waals surface area contributed by atoms with Crippen LogP contribution in [0.1, 0.15) is 20.8 Å². The predicted molar refractivity (Wildman–Crippen MR) is 64.5 cm³/mol. The Morgan fingerprint density at radius 2 is 2.18 bits per heavy atom. The van der Waals surface area contributed by atoms with Crippen LogP contribution < -0.4 is 16.4 Å². The lowest BCUT2D eigenvalue weighted by atomic mass is 10.1. The van der Waals surface area contributed by atoms with E-state index in [1.807, 2.05) is 20.8 Å². The quantitative estimate of drug-likeness (QED) is 0.343. The first kappa shape index (κ1) is 13.3. The number of hydrogen-bond acceptors (Lipinski definition) is 3. The van der Waals surface area contributed by atoms with Gasteiger partial charge >= 0.3 is 6.03 Å². The maximum absolute atomic E-state index is 11.2. The number of aliphatic imine (C=N–C) groups is 1. The fourth-order valence-electron chi connectivity index (χ4n) is 1.38. The van der Waals surface area contributed by atoms with Crippen LogP contribution in [-0.4, -0.2) is 48.0 Å². The van der Waals surface area contributed by atoms with E-state index in [2.05, 4.69) is 15.6 Å². The minimum Gasteiger partial charge on any atom is -0.370 e. The molecule has 3 amide bonds. The number of amides is 3. The number of rotatable bonds is 3. The zero-order valence-electron chi connectivity index (χ0n) is 10.4. The average molecular weight is 241 g/mol. The number of imide groups is 1. The molecule has 0 radical (unpaired) electrons. The molecule has 1 fully saturated rings. The molecule has 0 bridgehead atoms. The van der Waals surface area contributed by atoms with Gasteiger partial charge in [-0.1, -0.05) is 0 Å². The number of nitrogens with two attached hydrogens (primary N) is 1. The molecule has 0 aliphatic carbocycles. The largest absolute Gasteiger partial charge is 0.370 e. The Morgan fingerprint density at radius 3 is 2.65 bits per heavy atom. The van der Waals surface area contributed by atoms with E-state index in [4.69, 9.17) is 5.73 Å². The fourth-order valence-corrected chi connectivity index (χ4v) is 1.38. The van der Waals surface area contributed by atoms with E-state index in [1.54, 1.807) is 0 Å². The molecule has 0 aromatic carbocycles. The Morgan fingerprint density at radius 1 is 1.53 bits per heavy atom. The van der Waals surface area contributed by atoms with Gasteiger partial charge in [-0.15, -0.1) is 0 Å². The van der Waals surface area contributed by atoms with Crippen molar-refractivity contribution >= 4 is 17.9 Å². The van der Waals surface area contributed by atoms with E-state index in [1.165, 1.54) is 0 Å². The van der Waals surface area contributed by atoms with Crippen LogP contribution in [0.5, 0.6) is 0 Å². The molecular formula is C10H19N5O2. The highest BCUT2D eigenvalue weighted by atomic mass is 16.2. The highest BCUT2D eigenvalue weighted by Gasteiger charge is 2.27. The molecule has 1 aliphatic heterocycles. The lowest BCUT2D eigenvalue weighted by molar-refractivity contribution is -0.124. The second-order valence-corrected chi connectivity index (χ2v) is 4.85. The standard InChI is InChI=1S/C10H19N5O2/c1-10(2,3)14-8(11)12-4-5-15-7(16)6-13-9(15)17/h4-6H2,1-3H3,(H,13,17)(H3,11,12,14). The summed E-state index contributed by atoms with van der Waals surface area (Å²) >= 11 is 0. The van der Waals surface area contributed by atoms with Gasteiger partial charge in [-0.2, -0.15) is 0 Å². The van der Waals surface area contributed by atoms with Crippen molar-refractivity contribution in [3.8, 4) is 0 Å².